The van der Waals surface area contributed by atoms with Gasteiger partial charge in [-0.2, -0.15) is 10.1 Å². The van der Waals surface area contributed by atoms with Crippen molar-refractivity contribution in [2.75, 3.05) is 19.8 Å². The summed E-state index contributed by atoms with van der Waals surface area (Å²) in [5.74, 6) is 0.646. The largest absolute Gasteiger partial charge is 0.382 e. The van der Waals surface area contributed by atoms with Gasteiger partial charge in [-0.05, 0) is 39.2 Å². The smallest absolute Gasteiger partial charge is 0.252 e. The van der Waals surface area contributed by atoms with Crippen LogP contribution >= 0.6 is 0 Å². The molecule has 120 valence electrons. The molecule has 2 rings (SSSR count). The highest BCUT2D eigenvalue weighted by molar-refractivity contribution is 5.76. The van der Waals surface area contributed by atoms with Gasteiger partial charge in [-0.15, -0.1) is 0 Å². The van der Waals surface area contributed by atoms with Crippen LogP contribution in [0.3, 0.4) is 0 Å². The maximum absolute atomic E-state index is 11.9. The molecule has 1 amide bonds. The average molecular weight is 305 g/mol. The first-order chi connectivity index (χ1) is 10.6. The van der Waals surface area contributed by atoms with Gasteiger partial charge in [0.2, 0.25) is 5.91 Å². The first-order valence-electron chi connectivity index (χ1n) is 7.63. The highest BCUT2D eigenvalue weighted by Crippen LogP contribution is 2.14. The summed E-state index contributed by atoms with van der Waals surface area (Å²) in [6, 6.07) is 0. The minimum Gasteiger partial charge on any atom is -0.382 e. The molecule has 1 N–H and O–H groups in total. The summed E-state index contributed by atoms with van der Waals surface area (Å²) < 4.78 is 6.94. The molecule has 0 unspecified atom stereocenters. The molecule has 22 heavy (non-hydrogen) atoms. The lowest BCUT2D eigenvalue weighted by molar-refractivity contribution is -0.121. The van der Waals surface area contributed by atoms with Crippen LogP contribution in [0.4, 0.5) is 0 Å². The van der Waals surface area contributed by atoms with E-state index < -0.39 is 0 Å². The summed E-state index contributed by atoms with van der Waals surface area (Å²) in [5.41, 5.74) is 2.95. The van der Waals surface area contributed by atoms with E-state index in [1.807, 2.05) is 20.8 Å². The van der Waals surface area contributed by atoms with Crippen LogP contribution in [0.25, 0.3) is 5.78 Å². The Kier molecular flexibility index (Phi) is 5.83. The number of nitrogens with zero attached hydrogens (tertiary/aromatic N) is 4. The molecule has 2 aromatic rings. The number of amides is 1. The van der Waals surface area contributed by atoms with Crippen molar-refractivity contribution >= 4 is 11.7 Å². The molecule has 0 saturated heterocycles. The van der Waals surface area contributed by atoms with Crippen molar-refractivity contribution in [1.82, 2.24) is 24.9 Å². The number of aryl methyl sites for hydroxylation is 2. The van der Waals surface area contributed by atoms with E-state index in [4.69, 9.17) is 4.74 Å². The fourth-order valence-electron chi connectivity index (χ4n) is 2.39. The number of ether oxygens (including phenoxy) is 1. The number of rotatable bonds is 8. The van der Waals surface area contributed by atoms with Crippen molar-refractivity contribution in [3.8, 4) is 0 Å². The zero-order valence-corrected chi connectivity index (χ0v) is 13.4. The molecule has 7 heteroatoms. The van der Waals surface area contributed by atoms with Gasteiger partial charge < -0.3 is 10.1 Å². The number of fused-ring (bicyclic) bond motifs is 1. The third kappa shape index (κ3) is 4.00. The zero-order valence-electron chi connectivity index (χ0n) is 13.4. The molecule has 0 bridgehead atoms. The molecule has 0 aliphatic carbocycles. The fraction of sp³-hybridized carbons (Fsp3) is 0.600. The maximum Gasteiger partial charge on any atom is 0.252 e. The van der Waals surface area contributed by atoms with Gasteiger partial charge in [-0.3, -0.25) is 4.79 Å². The molecular formula is C15H23N5O2. The van der Waals surface area contributed by atoms with Gasteiger partial charge in [-0.1, -0.05) is 0 Å². The summed E-state index contributed by atoms with van der Waals surface area (Å²) in [5, 5.41) is 7.06. The molecule has 2 heterocycles. The van der Waals surface area contributed by atoms with Gasteiger partial charge in [0.05, 0.1) is 0 Å². The molecule has 0 fully saturated rings. The van der Waals surface area contributed by atoms with E-state index in [1.165, 1.54) is 6.33 Å². The Morgan fingerprint density at radius 1 is 1.41 bits per heavy atom. The molecule has 0 radical (unpaired) electrons. The summed E-state index contributed by atoms with van der Waals surface area (Å²) in [7, 11) is 0. The first kappa shape index (κ1) is 16.4. The van der Waals surface area contributed by atoms with Gasteiger partial charge in [0.1, 0.15) is 6.33 Å². The normalized spacial score (nSPS) is 11.0. The van der Waals surface area contributed by atoms with Crippen LogP contribution < -0.4 is 5.32 Å². The Hall–Kier alpha value is -2.02. The number of carbonyl (C=O) groups is 1. The summed E-state index contributed by atoms with van der Waals surface area (Å²) in [4.78, 5) is 20.4. The number of nitrogens with one attached hydrogen (secondary N) is 1. The lowest BCUT2D eigenvalue weighted by atomic mass is 10.1. The molecule has 7 nitrogen and oxygen atoms in total. The van der Waals surface area contributed by atoms with Gasteiger partial charge in [0, 0.05) is 37.6 Å². The van der Waals surface area contributed by atoms with Crippen molar-refractivity contribution in [1.29, 1.82) is 0 Å². The standard InChI is InChI=1S/C15H23N5O2/c1-4-22-9-5-8-16-14(21)7-6-13-11(2)19-15-17-10-18-20(15)12(13)3/h10H,4-9H2,1-3H3,(H,16,21). The summed E-state index contributed by atoms with van der Waals surface area (Å²) in [6.07, 6.45) is 3.42. The Balaban J connectivity index is 1.87. The Bertz CT molecular complexity index is 638. The van der Waals surface area contributed by atoms with Gasteiger partial charge in [0.15, 0.2) is 0 Å². The lowest BCUT2D eigenvalue weighted by Gasteiger charge is -2.10. The van der Waals surface area contributed by atoms with E-state index in [-0.39, 0.29) is 5.91 Å². The second-order valence-electron chi connectivity index (χ2n) is 5.13. The lowest BCUT2D eigenvalue weighted by Crippen LogP contribution is -2.25. The van der Waals surface area contributed by atoms with Crippen molar-refractivity contribution < 1.29 is 9.53 Å². The second-order valence-corrected chi connectivity index (χ2v) is 5.13. The number of hydrogen-bond acceptors (Lipinski definition) is 5. The van der Waals surface area contributed by atoms with E-state index in [0.717, 1.165) is 23.4 Å². The predicted molar refractivity (Wildman–Crippen MR) is 82.7 cm³/mol. The van der Waals surface area contributed by atoms with Crippen LogP contribution in [0.1, 0.15) is 36.7 Å². The van der Waals surface area contributed by atoms with Crippen LogP contribution in [-0.4, -0.2) is 45.2 Å². The third-order valence-corrected chi connectivity index (χ3v) is 3.58. The maximum atomic E-state index is 11.9. The molecular weight excluding hydrogens is 282 g/mol. The molecule has 0 aliphatic heterocycles. The number of aromatic nitrogens is 4. The molecule has 0 atom stereocenters. The topological polar surface area (TPSA) is 81.4 Å². The van der Waals surface area contributed by atoms with E-state index in [1.54, 1.807) is 4.52 Å². The zero-order chi connectivity index (χ0) is 15.9. The first-order valence-corrected chi connectivity index (χ1v) is 7.63. The second kappa shape index (κ2) is 7.84. The van der Waals surface area contributed by atoms with Gasteiger partial charge in [0.25, 0.3) is 5.78 Å². The third-order valence-electron chi connectivity index (χ3n) is 3.58. The minimum atomic E-state index is 0.0500. The van der Waals surface area contributed by atoms with Crippen molar-refractivity contribution in [3.05, 3.63) is 23.3 Å². The average Bonchev–Trinajstić information content (AvgIpc) is 2.95. The Morgan fingerprint density at radius 2 is 2.23 bits per heavy atom. The van der Waals surface area contributed by atoms with Crippen molar-refractivity contribution in [2.24, 2.45) is 0 Å². The summed E-state index contributed by atoms with van der Waals surface area (Å²) >= 11 is 0. The molecule has 0 aromatic carbocycles. The van der Waals surface area contributed by atoms with Crippen LogP contribution in [0.2, 0.25) is 0 Å². The SMILES string of the molecule is CCOCCCNC(=O)CCc1c(C)nc2ncnn2c1C. The number of carbonyl (C=O) groups excluding carboxylic acids is 1. The van der Waals surface area contributed by atoms with Crippen molar-refractivity contribution in [2.45, 2.75) is 40.0 Å². The highest BCUT2D eigenvalue weighted by Gasteiger charge is 2.12. The van der Waals surface area contributed by atoms with Crippen LogP contribution in [0.5, 0.6) is 0 Å². The van der Waals surface area contributed by atoms with Gasteiger partial charge >= 0.3 is 0 Å². The Labute approximate surface area is 130 Å². The molecule has 2 aromatic heterocycles. The Morgan fingerprint density at radius 3 is 3.00 bits per heavy atom. The van der Waals surface area contributed by atoms with Crippen LogP contribution in [0, 0.1) is 13.8 Å². The molecule has 0 aliphatic rings. The summed E-state index contributed by atoms with van der Waals surface area (Å²) in [6.45, 7) is 7.93. The number of hydrogen-bond donors (Lipinski definition) is 1. The van der Waals surface area contributed by atoms with Crippen LogP contribution in [-0.2, 0) is 16.0 Å². The van der Waals surface area contributed by atoms with E-state index in [2.05, 4.69) is 20.4 Å². The van der Waals surface area contributed by atoms with E-state index >= 15 is 0 Å². The van der Waals surface area contributed by atoms with E-state index in [9.17, 15) is 4.79 Å². The van der Waals surface area contributed by atoms with Gasteiger partial charge in [-0.25, -0.2) is 9.50 Å². The highest BCUT2D eigenvalue weighted by atomic mass is 16.5. The van der Waals surface area contributed by atoms with Crippen LogP contribution in [0.15, 0.2) is 6.33 Å². The predicted octanol–water partition coefficient (Wildman–Crippen LogP) is 1.22. The van der Waals surface area contributed by atoms with E-state index in [0.29, 0.717) is 38.4 Å². The fourth-order valence-corrected chi connectivity index (χ4v) is 2.39. The molecule has 0 saturated carbocycles. The monoisotopic (exact) mass is 305 g/mol. The quantitative estimate of drug-likeness (QED) is 0.742. The molecule has 0 spiro atoms. The minimum absolute atomic E-state index is 0.0500. The van der Waals surface area contributed by atoms with Crippen molar-refractivity contribution in [3.63, 3.8) is 0 Å².